The smallest absolute Gasteiger partial charge is 0.312 e. The molecule has 2 aromatic rings. The average molecular weight is 255 g/mol. The maximum absolute atomic E-state index is 12.4. The molecule has 0 amide bonds. The van der Waals surface area contributed by atoms with Crippen molar-refractivity contribution < 1.29 is 14.7 Å². The molecule has 2 heterocycles. The second kappa shape index (κ2) is 4.39. The van der Waals surface area contributed by atoms with Gasteiger partial charge in [-0.25, -0.2) is 0 Å². The number of ketones is 1. The van der Waals surface area contributed by atoms with E-state index in [-0.39, 0.29) is 5.78 Å². The van der Waals surface area contributed by atoms with Crippen LogP contribution in [-0.2, 0) is 11.3 Å². The molecule has 3 rings (SSSR count). The van der Waals surface area contributed by atoms with E-state index in [1.165, 1.54) is 0 Å². The Bertz CT molecular complexity index is 643. The third kappa shape index (κ3) is 1.85. The van der Waals surface area contributed by atoms with E-state index in [0.29, 0.717) is 29.8 Å². The first-order chi connectivity index (χ1) is 9.18. The molecule has 0 bridgehead atoms. The molecule has 1 aliphatic heterocycles. The summed E-state index contributed by atoms with van der Waals surface area (Å²) in [5, 5.41) is 9.23. The number of aryl methyl sites for hydroxylation is 1. The molecule has 1 atom stereocenters. The molecule has 0 saturated heterocycles. The van der Waals surface area contributed by atoms with Crippen molar-refractivity contribution in [1.82, 2.24) is 4.57 Å². The van der Waals surface area contributed by atoms with Crippen molar-refractivity contribution in [2.75, 3.05) is 0 Å². The van der Waals surface area contributed by atoms with E-state index in [4.69, 9.17) is 0 Å². The van der Waals surface area contributed by atoms with Crippen LogP contribution in [0, 0.1) is 0 Å². The van der Waals surface area contributed by atoms with Gasteiger partial charge >= 0.3 is 5.97 Å². The Labute approximate surface area is 110 Å². The third-order valence-corrected chi connectivity index (χ3v) is 3.57. The number of rotatable bonds is 3. The highest BCUT2D eigenvalue weighted by molar-refractivity contribution is 6.10. The summed E-state index contributed by atoms with van der Waals surface area (Å²) in [5.41, 5.74) is 1.74. The zero-order chi connectivity index (χ0) is 13.4. The van der Waals surface area contributed by atoms with Crippen LogP contribution in [-0.4, -0.2) is 21.4 Å². The van der Waals surface area contributed by atoms with Crippen LogP contribution in [0.15, 0.2) is 42.6 Å². The number of aromatic nitrogens is 1. The summed E-state index contributed by atoms with van der Waals surface area (Å²) in [4.78, 5) is 23.7. The van der Waals surface area contributed by atoms with Gasteiger partial charge in [0.2, 0.25) is 0 Å². The number of fused-ring (bicyclic) bond motifs is 1. The lowest BCUT2D eigenvalue weighted by atomic mass is 9.96. The molecule has 0 radical (unpaired) electrons. The van der Waals surface area contributed by atoms with E-state index < -0.39 is 11.9 Å². The highest BCUT2D eigenvalue weighted by Crippen LogP contribution is 2.33. The summed E-state index contributed by atoms with van der Waals surface area (Å²) < 4.78 is 1.87. The minimum atomic E-state index is -0.862. The van der Waals surface area contributed by atoms with Gasteiger partial charge in [0.15, 0.2) is 5.78 Å². The van der Waals surface area contributed by atoms with Gasteiger partial charge in [-0.1, -0.05) is 30.3 Å². The Morgan fingerprint density at radius 2 is 1.89 bits per heavy atom. The fraction of sp³-hybridized carbons (Fsp3) is 0.200. The van der Waals surface area contributed by atoms with E-state index >= 15 is 0 Å². The standard InChI is InChI=1S/C15H13NO3/c17-14(10-4-2-1-3-5-10)11-6-8-16-9-7-12(13(11)16)15(18)19/h1-6,8,12H,7,9H2,(H,18,19)/t12-/m1/s1. The van der Waals surface area contributed by atoms with Crippen LogP contribution in [0.4, 0.5) is 0 Å². The predicted molar refractivity (Wildman–Crippen MR) is 69.3 cm³/mol. The maximum atomic E-state index is 12.4. The maximum Gasteiger partial charge on any atom is 0.312 e. The molecule has 0 unspecified atom stereocenters. The molecule has 4 nitrogen and oxygen atoms in total. The van der Waals surface area contributed by atoms with E-state index in [2.05, 4.69) is 0 Å². The van der Waals surface area contributed by atoms with Gasteiger partial charge in [-0.2, -0.15) is 0 Å². The second-order valence-corrected chi connectivity index (χ2v) is 4.68. The van der Waals surface area contributed by atoms with Crippen molar-refractivity contribution in [3.8, 4) is 0 Å². The number of carbonyl (C=O) groups is 2. The van der Waals surface area contributed by atoms with E-state index in [1.807, 2.05) is 10.6 Å². The minimum absolute atomic E-state index is 0.109. The fourth-order valence-electron chi connectivity index (χ4n) is 2.65. The molecule has 0 aliphatic carbocycles. The quantitative estimate of drug-likeness (QED) is 0.856. The topological polar surface area (TPSA) is 59.3 Å². The monoisotopic (exact) mass is 255 g/mol. The van der Waals surface area contributed by atoms with Gasteiger partial charge in [-0.15, -0.1) is 0 Å². The van der Waals surface area contributed by atoms with Crippen LogP contribution >= 0.6 is 0 Å². The normalized spacial score (nSPS) is 17.2. The minimum Gasteiger partial charge on any atom is -0.481 e. The number of hydrogen-bond acceptors (Lipinski definition) is 2. The molecule has 0 fully saturated rings. The van der Waals surface area contributed by atoms with Gasteiger partial charge in [0.25, 0.3) is 0 Å². The predicted octanol–water partition coefficient (Wildman–Crippen LogP) is 2.29. The van der Waals surface area contributed by atoms with Crippen LogP contribution in [0.3, 0.4) is 0 Å². The van der Waals surface area contributed by atoms with Crippen molar-refractivity contribution in [2.45, 2.75) is 18.9 Å². The molecule has 4 heteroatoms. The van der Waals surface area contributed by atoms with Crippen LogP contribution in [0.25, 0.3) is 0 Å². The average Bonchev–Trinajstić information content (AvgIpc) is 2.99. The summed E-state index contributed by atoms with van der Waals surface area (Å²) in [7, 11) is 0. The van der Waals surface area contributed by atoms with Crippen LogP contribution < -0.4 is 0 Å². The number of aliphatic carboxylic acids is 1. The van der Waals surface area contributed by atoms with Crippen molar-refractivity contribution in [1.29, 1.82) is 0 Å². The summed E-state index contributed by atoms with van der Waals surface area (Å²) in [6.07, 6.45) is 2.36. The van der Waals surface area contributed by atoms with Gasteiger partial charge in [0.05, 0.1) is 5.92 Å². The van der Waals surface area contributed by atoms with Crippen LogP contribution in [0.5, 0.6) is 0 Å². The zero-order valence-electron chi connectivity index (χ0n) is 10.2. The largest absolute Gasteiger partial charge is 0.481 e. The van der Waals surface area contributed by atoms with E-state index in [9.17, 15) is 14.7 Å². The van der Waals surface area contributed by atoms with Crippen molar-refractivity contribution in [3.05, 3.63) is 59.4 Å². The first-order valence-corrected chi connectivity index (χ1v) is 6.20. The first-order valence-electron chi connectivity index (χ1n) is 6.20. The second-order valence-electron chi connectivity index (χ2n) is 4.68. The Morgan fingerprint density at radius 3 is 2.58 bits per heavy atom. The number of benzene rings is 1. The molecular formula is C15H13NO3. The molecule has 96 valence electrons. The highest BCUT2D eigenvalue weighted by atomic mass is 16.4. The first kappa shape index (κ1) is 11.7. The fourth-order valence-corrected chi connectivity index (χ4v) is 2.65. The number of hydrogen-bond donors (Lipinski definition) is 1. The molecular weight excluding hydrogens is 242 g/mol. The van der Waals surface area contributed by atoms with Crippen molar-refractivity contribution in [3.63, 3.8) is 0 Å². The molecule has 1 aromatic heterocycles. The van der Waals surface area contributed by atoms with E-state index in [1.54, 1.807) is 36.5 Å². The molecule has 1 N–H and O–H groups in total. The third-order valence-electron chi connectivity index (χ3n) is 3.57. The number of carboxylic acid groups (broad SMARTS) is 1. The molecule has 19 heavy (non-hydrogen) atoms. The van der Waals surface area contributed by atoms with Crippen molar-refractivity contribution >= 4 is 11.8 Å². The van der Waals surface area contributed by atoms with Gasteiger partial charge in [0, 0.05) is 29.6 Å². The molecule has 0 spiro atoms. The molecule has 0 saturated carbocycles. The zero-order valence-corrected chi connectivity index (χ0v) is 10.2. The highest BCUT2D eigenvalue weighted by Gasteiger charge is 2.33. The SMILES string of the molecule is O=C(c1ccccc1)c1ccn2c1[C@H](C(=O)O)CC2. The summed E-state index contributed by atoms with van der Waals surface area (Å²) in [6.45, 7) is 0.661. The summed E-state index contributed by atoms with van der Waals surface area (Å²) >= 11 is 0. The number of nitrogens with zero attached hydrogens (tertiary/aromatic N) is 1. The van der Waals surface area contributed by atoms with Crippen molar-refractivity contribution in [2.24, 2.45) is 0 Å². The lowest BCUT2D eigenvalue weighted by Crippen LogP contribution is -2.12. The number of carbonyl (C=O) groups excluding carboxylic acids is 1. The van der Waals surface area contributed by atoms with Gasteiger partial charge in [0.1, 0.15) is 0 Å². The Morgan fingerprint density at radius 1 is 1.16 bits per heavy atom. The van der Waals surface area contributed by atoms with Crippen LogP contribution in [0.2, 0.25) is 0 Å². The Hall–Kier alpha value is -2.36. The van der Waals surface area contributed by atoms with Gasteiger partial charge in [-0.3, -0.25) is 9.59 Å². The lowest BCUT2D eigenvalue weighted by Gasteiger charge is -2.07. The molecule has 1 aromatic carbocycles. The summed E-state index contributed by atoms with van der Waals surface area (Å²) in [5.74, 6) is -1.54. The van der Waals surface area contributed by atoms with E-state index in [0.717, 1.165) is 0 Å². The van der Waals surface area contributed by atoms with Gasteiger partial charge < -0.3 is 9.67 Å². The Kier molecular flexibility index (Phi) is 2.71. The summed E-state index contributed by atoms with van der Waals surface area (Å²) in [6, 6.07) is 10.7. The number of carboxylic acids is 1. The molecule has 1 aliphatic rings. The lowest BCUT2D eigenvalue weighted by molar-refractivity contribution is -0.138. The van der Waals surface area contributed by atoms with Crippen LogP contribution in [0.1, 0.15) is 34.0 Å². The van der Waals surface area contributed by atoms with Gasteiger partial charge in [-0.05, 0) is 12.5 Å². The Balaban J connectivity index is 2.04.